The Labute approximate surface area is 98.0 Å². The number of aryl methyl sites for hydroxylation is 1. The molecule has 2 rings (SSSR count). The molecule has 0 aromatic carbocycles. The standard InChI is InChI=1S/C10H12ClN5/c1-16-3-2-8(15-16)9(12)7-4-6(11)5-14-10(7)13/h2-5,9H,12H2,1H3,(H2,13,14). The summed E-state index contributed by atoms with van der Waals surface area (Å²) in [6, 6.07) is 3.14. The first-order chi connectivity index (χ1) is 7.58. The average Bonchev–Trinajstić information content (AvgIpc) is 2.67. The molecule has 16 heavy (non-hydrogen) atoms. The van der Waals surface area contributed by atoms with E-state index in [1.54, 1.807) is 10.7 Å². The molecular weight excluding hydrogens is 226 g/mol. The normalized spacial score (nSPS) is 12.7. The van der Waals surface area contributed by atoms with E-state index in [0.29, 0.717) is 16.4 Å². The lowest BCUT2D eigenvalue weighted by molar-refractivity contribution is 0.715. The van der Waals surface area contributed by atoms with Crippen LogP contribution in [0.2, 0.25) is 5.02 Å². The van der Waals surface area contributed by atoms with Gasteiger partial charge in [0.05, 0.1) is 16.8 Å². The Morgan fingerprint density at radius 3 is 2.88 bits per heavy atom. The summed E-state index contributed by atoms with van der Waals surface area (Å²) in [6.07, 6.45) is 3.31. The van der Waals surface area contributed by atoms with E-state index in [1.165, 1.54) is 6.20 Å². The second kappa shape index (κ2) is 4.11. The van der Waals surface area contributed by atoms with Crippen LogP contribution in [0.1, 0.15) is 17.3 Å². The minimum atomic E-state index is -0.410. The van der Waals surface area contributed by atoms with Crippen molar-refractivity contribution in [2.45, 2.75) is 6.04 Å². The highest BCUT2D eigenvalue weighted by Gasteiger charge is 2.15. The van der Waals surface area contributed by atoms with Crippen LogP contribution in [-0.2, 0) is 7.05 Å². The van der Waals surface area contributed by atoms with Crippen molar-refractivity contribution in [1.29, 1.82) is 0 Å². The lowest BCUT2D eigenvalue weighted by Gasteiger charge is -2.11. The number of anilines is 1. The molecule has 1 unspecified atom stereocenters. The van der Waals surface area contributed by atoms with E-state index in [4.69, 9.17) is 23.1 Å². The van der Waals surface area contributed by atoms with Gasteiger partial charge in [-0.15, -0.1) is 0 Å². The van der Waals surface area contributed by atoms with Crippen molar-refractivity contribution in [1.82, 2.24) is 14.8 Å². The van der Waals surface area contributed by atoms with Gasteiger partial charge < -0.3 is 11.5 Å². The SMILES string of the molecule is Cn1ccc(C(N)c2cc(Cl)cnc2N)n1. The van der Waals surface area contributed by atoms with Gasteiger partial charge in [0.15, 0.2) is 0 Å². The summed E-state index contributed by atoms with van der Waals surface area (Å²) in [5.41, 5.74) is 13.2. The molecule has 2 aromatic heterocycles. The highest BCUT2D eigenvalue weighted by molar-refractivity contribution is 6.30. The molecule has 0 fully saturated rings. The fraction of sp³-hybridized carbons (Fsp3) is 0.200. The summed E-state index contributed by atoms with van der Waals surface area (Å²) >= 11 is 5.85. The van der Waals surface area contributed by atoms with E-state index in [9.17, 15) is 0 Å². The lowest BCUT2D eigenvalue weighted by atomic mass is 10.1. The predicted molar refractivity (Wildman–Crippen MR) is 62.9 cm³/mol. The number of hydrogen-bond acceptors (Lipinski definition) is 4. The van der Waals surface area contributed by atoms with Gasteiger partial charge in [-0.05, 0) is 12.1 Å². The summed E-state index contributed by atoms with van der Waals surface area (Å²) in [5.74, 6) is 0.377. The number of halogens is 1. The zero-order valence-electron chi connectivity index (χ0n) is 8.76. The maximum Gasteiger partial charge on any atom is 0.128 e. The van der Waals surface area contributed by atoms with Gasteiger partial charge >= 0.3 is 0 Å². The Morgan fingerprint density at radius 2 is 2.25 bits per heavy atom. The smallest absolute Gasteiger partial charge is 0.128 e. The second-order valence-electron chi connectivity index (χ2n) is 3.52. The largest absolute Gasteiger partial charge is 0.383 e. The van der Waals surface area contributed by atoms with E-state index in [0.717, 1.165) is 5.69 Å². The fourth-order valence-electron chi connectivity index (χ4n) is 1.47. The number of rotatable bonds is 2. The van der Waals surface area contributed by atoms with Gasteiger partial charge in [-0.1, -0.05) is 11.6 Å². The zero-order valence-corrected chi connectivity index (χ0v) is 9.52. The molecule has 0 bridgehead atoms. The van der Waals surface area contributed by atoms with Crippen LogP contribution < -0.4 is 11.5 Å². The van der Waals surface area contributed by atoms with E-state index < -0.39 is 6.04 Å². The van der Waals surface area contributed by atoms with Crippen LogP contribution in [0.25, 0.3) is 0 Å². The molecule has 0 spiro atoms. The van der Waals surface area contributed by atoms with Crippen LogP contribution in [0.3, 0.4) is 0 Å². The van der Waals surface area contributed by atoms with Gasteiger partial charge in [-0.2, -0.15) is 5.10 Å². The Bertz CT molecular complexity index is 508. The molecule has 0 aliphatic carbocycles. The topological polar surface area (TPSA) is 82.8 Å². The molecule has 0 radical (unpaired) electrons. The van der Waals surface area contributed by atoms with Gasteiger partial charge in [0.1, 0.15) is 5.82 Å². The van der Waals surface area contributed by atoms with Crippen LogP contribution in [0, 0.1) is 0 Å². The summed E-state index contributed by atoms with van der Waals surface area (Å²) in [7, 11) is 1.83. The van der Waals surface area contributed by atoms with Crippen LogP contribution in [-0.4, -0.2) is 14.8 Å². The molecule has 2 heterocycles. The molecule has 2 aromatic rings. The highest BCUT2D eigenvalue weighted by Crippen LogP contribution is 2.24. The molecule has 5 nitrogen and oxygen atoms in total. The molecular formula is C10H12ClN5. The van der Waals surface area contributed by atoms with E-state index in [2.05, 4.69) is 10.1 Å². The molecule has 1 atom stereocenters. The van der Waals surface area contributed by atoms with E-state index >= 15 is 0 Å². The number of aromatic nitrogens is 3. The summed E-state index contributed by atoms with van der Waals surface area (Å²) in [4.78, 5) is 3.96. The molecule has 4 N–H and O–H groups in total. The van der Waals surface area contributed by atoms with Crippen molar-refractivity contribution in [2.24, 2.45) is 12.8 Å². The molecule has 0 aliphatic heterocycles. The second-order valence-corrected chi connectivity index (χ2v) is 3.96. The van der Waals surface area contributed by atoms with Gasteiger partial charge in [0.2, 0.25) is 0 Å². The molecule has 0 amide bonds. The van der Waals surface area contributed by atoms with Crippen LogP contribution in [0.15, 0.2) is 24.5 Å². The maximum absolute atomic E-state index is 6.04. The van der Waals surface area contributed by atoms with E-state index in [-0.39, 0.29) is 0 Å². The fourth-order valence-corrected chi connectivity index (χ4v) is 1.64. The zero-order chi connectivity index (χ0) is 11.7. The molecule has 0 saturated heterocycles. The van der Waals surface area contributed by atoms with Crippen molar-refractivity contribution in [3.05, 3.63) is 40.8 Å². The Kier molecular flexibility index (Phi) is 2.80. The summed E-state index contributed by atoms with van der Waals surface area (Å²) < 4.78 is 1.68. The highest BCUT2D eigenvalue weighted by atomic mass is 35.5. The molecule has 84 valence electrons. The Balaban J connectivity index is 2.40. The molecule has 0 saturated carbocycles. The number of pyridine rings is 1. The number of nitrogens with zero attached hydrogens (tertiary/aromatic N) is 3. The first kappa shape index (κ1) is 10.9. The van der Waals surface area contributed by atoms with Crippen molar-refractivity contribution in [2.75, 3.05) is 5.73 Å². The first-order valence-electron chi connectivity index (χ1n) is 4.74. The third-order valence-electron chi connectivity index (χ3n) is 2.30. The van der Waals surface area contributed by atoms with Gasteiger partial charge in [0.25, 0.3) is 0 Å². The van der Waals surface area contributed by atoms with Crippen molar-refractivity contribution >= 4 is 17.4 Å². The Hall–Kier alpha value is -1.59. The van der Waals surface area contributed by atoms with Gasteiger partial charge in [-0.3, -0.25) is 4.68 Å². The Morgan fingerprint density at radius 1 is 1.50 bits per heavy atom. The van der Waals surface area contributed by atoms with Crippen LogP contribution in [0.5, 0.6) is 0 Å². The third-order valence-corrected chi connectivity index (χ3v) is 2.51. The van der Waals surface area contributed by atoms with Crippen LogP contribution >= 0.6 is 11.6 Å². The lowest BCUT2D eigenvalue weighted by Crippen LogP contribution is -2.15. The number of hydrogen-bond donors (Lipinski definition) is 2. The van der Waals surface area contributed by atoms with Crippen molar-refractivity contribution < 1.29 is 0 Å². The predicted octanol–water partition coefficient (Wildman–Crippen LogP) is 1.10. The maximum atomic E-state index is 6.04. The quantitative estimate of drug-likeness (QED) is 0.819. The minimum absolute atomic E-state index is 0.377. The first-order valence-corrected chi connectivity index (χ1v) is 5.12. The average molecular weight is 238 g/mol. The van der Waals surface area contributed by atoms with Gasteiger partial charge in [0, 0.05) is 25.0 Å². The number of nitrogens with two attached hydrogens (primary N) is 2. The third kappa shape index (κ3) is 2.00. The van der Waals surface area contributed by atoms with Crippen molar-refractivity contribution in [3.8, 4) is 0 Å². The molecule has 6 heteroatoms. The minimum Gasteiger partial charge on any atom is -0.383 e. The van der Waals surface area contributed by atoms with Gasteiger partial charge in [-0.25, -0.2) is 4.98 Å². The van der Waals surface area contributed by atoms with E-state index in [1.807, 2.05) is 19.3 Å². The molecule has 0 aliphatic rings. The van der Waals surface area contributed by atoms with Crippen LogP contribution in [0.4, 0.5) is 5.82 Å². The monoisotopic (exact) mass is 237 g/mol. The summed E-state index contributed by atoms with van der Waals surface area (Å²) in [6.45, 7) is 0. The number of nitrogen functional groups attached to an aromatic ring is 1. The summed E-state index contributed by atoms with van der Waals surface area (Å²) in [5, 5.41) is 4.73. The van der Waals surface area contributed by atoms with Crippen molar-refractivity contribution in [3.63, 3.8) is 0 Å².